The largest absolute Gasteiger partial charge is 0.339 e. The van der Waals surface area contributed by atoms with Gasteiger partial charge in [0.05, 0.1) is 5.92 Å². The third-order valence-electron chi connectivity index (χ3n) is 4.13. The Bertz CT molecular complexity index is 431. The Balaban J connectivity index is 1.66. The van der Waals surface area contributed by atoms with Gasteiger partial charge in [0.25, 0.3) is 0 Å². The van der Waals surface area contributed by atoms with Crippen LogP contribution in [0.25, 0.3) is 0 Å². The molecule has 3 nitrogen and oxygen atoms in total. The molecule has 0 spiro atoms. The predicted octanol–water partition coefficient (Wildman–Crippen LogP) is 1.57. The molecule has 3 rings (SSSR count). The van der Waals surface area contributed by atoms with Gasteiger partial charge in [0.1, 0.15) is 0 Å². The maximum atomic E-state index is 12.3. The zero-order valence-electron chi connectivity index (χ0n) is 10.6. The third kappa shape index (κ3) is 2.27. The van der Waals surface area contributed by atoms with Crippen LogP contribution < -0.4 is 5.73 Å². The summed E-state index contributed by atoms with van der Waals surface area (Å²) >= 11 is 0. The van der Waals surface area contributed by atoms with Crippen molar-refractivity contribution in [1.29, 1.82) is 0 Å². The minimum atomic E-state index is 0.112. The molecule has 1 amide bonds. The fraction of sp³-hybridized carbons (Fsp3) is 0.533. The van der Waals surface area contributed by atoms with Crippen LogP contribution in [0.3, 0.4) is 0 Å². The van der Waals surface area contributed by atoms with Crippen LogP contribution in [0.4, 0.5) is 0 Å². The second kappa shape index (κ2) is 4.73. The summed E-state index contributed by atoms with van der Waals surface area (Å²) in [4.78, 5) is 14.3. The average molecular weight is 244 g/mol. The molecule has 2 fully saturated rings. The van der Waals surface area contributed by atoms with Gasteiger partial charge in [-0.05, 0) is 31.2 Å². The summed E-state index contributed by atoms with van der Waals surface area (Å²) < 4.78 is 0. The minimum Gasteiger partial charge on any atom is -0.339 e. The SMILES string of the molecule is NC1CC1C(=O)N1CCCC1Cc1ccccc1. The molecule has 1 saturated carbocycles. The standard InChI is InChI=1S/C15H20N2O/c16-14-10-13(14)15(18)17-8-4-7-12(17)9-11-5-2-1-3-6-11/h1-3,5-6,12-14H,4,7-10,16H2. The van der Waals surface area contributed by atoms with E-state index in [1.54, 1.807) is 0 Å². The lowest BCUT2D eigenvalue weighted by molar-refractivity contribution is -0.133. The number of nitrogens with two attached hydrogens (primary N) is 1. The zero-order valence-corrected chi connectivity index (χ0v) is 10.6. The number of amides is 1. The maximum absolute atomic E-state index is 12.3. The van der Waals surface area contributed by atoms with Crippen LogP contribution in [0.2, 0.25) is 0 Å². The Labute approximate surface area is 108 Å². The molecule has 1 aromatic rings. The van der Waals surface area contributed by atoms with Gasteiger partial charge in [0, 0.05) is 18.6 Å². The van der Waals surface area contributed by atoms with Crippen LogP contribution in [0.15, 0.2) is 30.3 Å². The summed E-state index contributed by atoms with van der Waals surface area (Å²) in [6.45, 7) is 0.916. The van der Waals surface area contributed by atoms with E-state index in [0.29, 0.717) is 11.9 Å². The van der Waals surface area contributed by atoms with Crippen LogP contribution in [-0.2, 0) is 11.2 Å². The highest BCUT2D eigenvalue weighted by atomic mass is 16.2. The predicted molar refractivity (Wildman–Crippen MR) is 71.0 cm³/mol. The lowest BCUT2D eigenvalue weighted by Crippen LogP contribution is -2.38. The molecule has 3 heteroatoms. The zero-order chi connectivity index (χ0) is 12.5. The molecule has 3 unspecified atom stereocenters. The summed E-state index contributed by atoms with van der Waals surface area (Å²) in [5.74, 6) is 0.405. The van der Waals surface area contributed by atoms with Gasteiger partial charge >= 0.3 is 0 Å². The first kappa shape index (κ1) is 11.7. The Morgan fingerprint density at radius 2 is 2.06 bits per heavy atom. The van der Waals surface area contributed by atoms with Gasteiger partial charge < -0.3 is 10.6 Å². The summed E-state index contributed by atoms with van der Waals surface area (Å²) in [5.41, 5.74) is 7.11. The third-order valence-corrected chi connectivity index (χ3v) is 4.13. The van der Waals surface area contributed by atoms with E-state index in [1.165, 1.54) is 5.56 Å². The van der Waals surface area contributed by atoms with Gasteiger partial charge in [-0.3, -0.25) is 4.79 Å². The Kier molecular flexibility index (Phi) is 3.08. The molecule has 1 saturated heterocycles. The van der Waals surface area contributed by atoms with Crippen molar-refractivity contribution in [3.05, 3.63) is 35.9 Å². The second-order valence-electron chi connectivity index (χ2n) is 5.52. The fourth-order valence-corrected chi connectivity index (χ4v) is 2.94. The number of carbonyl (C=O) groups is 1. The van der Waals surface area contributed by atoms with E-state index in [4.69, 9.17) is 5.73 Å². The summed E-state index contributed by atoms with van der Waals surface area (Å²) in [6.07, 6.45) is 4.12. The average Bonchev–Trinajstić information content (AvgIpc) is 2.94. The topological polar surface area (TPSA) is 46.3 Å². The highest BCUT2D eigenvalue weighted by Crippen LogP contribution is 2.33. The molecule has 2 aliphatic rings. The number of hydrogen-bond donors (Lipinski definition) is 1. The lowest BCUT2D eigenvalue weighted by Gasteiger charge is -2.25. The van der Waals surface area contributed by atoms with Crippen molar-refractivity contribution in [2.45, 2.75) is 37.8 Å². The number of benzene rings is 1. The van der Waals surface area contributed by atoms with Crippen molar-refractivity contribution in [1.82, 2.24) is 4.90 Å². The van der Waals surface area contributed by atoms with Crippen molar-refractivity contribution < 1.29 is 4.79 Å². The number of likely N-dealkylation sites (tertiary alicyclic amines) is 1. The summed E-state index contributed by atoms with van der Waals surface area (Å²) in [5, 5.41) is 0. The van der Waals surface area contributed by atoms with Crippen LogP contribution in [0.5, 0.6) is 0 Å². The van der Waals surface area contributed by atoms with Crippen molar-refractivity contribution in [3.63, 3.8) is 0 Å². The fourth-order valence-electron chi connectivity index (χ4n) is 2.94. The highest BCUT2D eigenvalue weighted by Gasteiger charge is 2.44. The number of hydrogen-bond acceptors (Lipinski definition) is 2. The minimum absolute atomic E-state index is 0.112. The molecule has 3 atom stereocenters. The lowest BCUT2D eigenvalue weighted by atomic mass is 10.0. The van der Waals surface area contributed by atoms with Crippen molar-refractivity contribution in [2.24, 2.45) is 11.7 Å². The first-order valence-electron chi connectivity index (χ1n) is 6.85. The molecule has 0 bridgehead atoms. The van der Waals surface area contributed by atoms with Crippen LogP contribution >= 0.6 is 0 Å². The summed E-state index contributed by atoms with van der Waals surface area (Å²) in [7, 11) is 0. The van der Waals surface area contributed by atoms with E-state index in [0.717, 1.165) is 32.2 Å². The normalized spacial score (nSPS) is 30.5. The van der Waals surface area contributed by atoms with Crippen molar-refractivity contribution in [3.8, 4) is 0 Å². The second-order valence-corrected chi connectivity index (χ2v) is 5.52. The van der Waals surface area contributed by atoms with Crippen LogP contribution in [0.1, 0.15) is 24.8 Å². The van der Waals surface area contributed by atoms with Crippen molar-refractivity contribution in [2.75, 3.05) is 6.54 Å². The molecule has 1 aliphatic carbocycles. The first-order chi connectivity index (χ1) is 8.75. The van der Waals surface area contributed by atoms with Gasteiger partial charge in [0.15, 0.2) is 0 Å². The van der Waals surface area contributed by atoms with Gasteiger partial charge in [0.2, 0.25) is 5.91 Å². The molecule has 1 aliphatic heterocycles. The Morgan fingerprint density at radius 1 is 1.33 bits per heavy atom. The van der Waals surface area contributed by atoms with Gasteiger partial charge in [-0.2, -0.15) is 0 Å². The van der Waals surface area contributed by atoms with E-state index in [1.807, 2.05) is 6.07 Å². The van der Waals surface area contributed by atoms with E-state index >= 15 is 0 Å². The first-order valence-corrected chi connectivity index (χ1v) is 6.85. The van der Waals surface area contributed by atoms with Gasteiger partial charge in [-0.15, -0.1) is 0 Å². The molecule has 1 aromatic carbocycles. The Morgan fingerprint density at radius 3 is 2.72 bits per heavy atom. The van der Waals surface area contributed by atoms with E-state index < -0.39 is 0 Å². The molecule has 2 N–H and O–H groups in total. The van der Waals surface area contributed by atoms with Crippen molar-refractivity contribution >= 4 is 5.91 Å². The summed E-state index contributed by atoms with van der Waals surface area (Å²) in [6, 6.07) is 10.9. The molecule has 0 radical (unpaired) electrons. The maximum Gasteiger partial charge on any atom is 0.227 e. The smallest absolute Gasteiger partial charge is 0.227 e. The number of nitrogens with zero attached hydrogens (tertiary/aromatic N) is 1. The molecule has 0 aromatic heterocycles. The molecule has 96 valence electrons. The highest BCUT2D eigenvalue weighted by molar-refractivity contribution is 5.83. The number of carbonyl (C=O) groups excluding carboxylic acids is 1. The molecular formula is C15H20N2O. The number of rotatable bonds is 3. The van der Waals surface area contributed by atoms with E-state index in [9.17, 15) is 4.79 Å². The van der Waals surface area contributed by atoms with Crippen LogP contribution in [0, 0.1) is 5.92 Å². The molecule has 18 heavy (non-hydrogen) atoms. The van der Waals surface area contributed by atoms with Gasteiger partial charge in [-0.1, -0.05) is 30.3 Å². The molecular weight excluding hydrogens is 224 g/mol. The van der Waals surface area contributed by atoms with Gasteiger partial charge in [-0.25, -0.2) is 0 Å². The monoisotopic (exact) mass is 244 g/mol. The molecule has 1 heterocycles. The van der Waals surface area contributed by atoms with Crippen LogP contribution in [-0.4, -0.2) is 29.4 Å². The van der Waals surface area contributed by atoms with E-state index in [2.05, 4.69) is 29.2 Å². The quantitative estimate of drug-likeness (QED) is 0.877. The van der Waals surface area contributed by atoms with E-state index in [-0.39, 0.29) is 12.0 Å². The Hall–Kier alpha value is -1.35.